The molecule has 0 atom stereocenters. The molecule has 2 aromatic carbocycles. The van der Waals surface area contributed by atoms with Crippen molar-refractivity contribution in [2.45, 2.75) is 13.5 Å². The highest BCUT2D eigenvalue weighted by molar-refractivity contribution is 6.39. The van der Waals surface area contributed by atoms with Gasteiger partial charge in [0.2, 0.25) is 0 Å². The Balaban J connectivity index is 1.92. The summed E-state index contributed by atoms with van der Waals surface area (Å²) >= 11 is 0. The van der Waals surface area contributed by atoms with Crippen molar-refractivity contribution in [2.24, 2.45) is 0 Å². The van der Waals surface area contributed by atoms with Gasteiger partial charge in [-0.2, -0.15) is 0 Å². The number of hydrogen-bond donors (Lipinski definition) is 2. The van der Waals surface area contributed by atoms with Crippen molar-refractivity contribution in [1.29, 1.82) is 0 Å². The largest absolute Gasteiger partial charge is 0.344 e. The molecule has 0 aliphatic rings. The zero-order chi connectivity index (χ0) is 16.1. The Hall–Kier alpha value is -2.76. The normalized spacial score (nSPS) is 10.1. The maximum absolute atomic E-state index is 13.4. The van der Waals surface area contributed by atoms with Gasteiger partial charge in [0.05, 0.1) is 5.69 Å². The van der Waals surface area contributed by atoms with Crippen LogP contribution in [0.4, 0.5) is 14.5 Å². The van der Waals surface area contributed by atoms with E-state index >= 15 is 0 Å². The number of hydrogen-bond acceptors (Lipinski definition) is 2. The number of carbonyl (C=O) groups is 2. The third kappa shape index (κ3) is 4.12. The second-order valence-electron chi connectivity index (χ2n) is 4.75. The summed E-state index contributed by atoms with van der Waals surface area (Å²) in [5.41, 5.74) is 1.66. The predicted molar refractivity (Wildman–Crippen MR) is 78.0 cm³/mol. The monoisotopic (exact) mass is 304 g/mol. The fourth-order valence-corrected chi connectivity index (χ4v) is 1.74. The summed E-state index contributed by atoms with van der Waals surface area (Å²) in [5.74, 6) is -3.62. The first kappa shape index (κ1) is 15.6. The third-order valence-electron chi connectivity index (χ3n) is 2.96. The average molecular weight is 304 g/mol. The fourth-order valence-electron chi connectivity index (χ4n) is 1.74. The van der Waals surface area contributed by atoms with Crippen LogP contribution in [0.2, 0.25) is 0 Å². The van der Waals surface area contributed by atoms with Gasteiger partial charge < -0.3 is 10.6 Å². The lowest BCUT2D eigenvalue weighted by Gasteiger charge is -2.07. The minimum absolute atomic E-state index is 0.179. The molecule has 0 saturated heterocycles. The van der Waals surface area contributed by atoms with E-state index in [1.807, 2.05) is 31.2 Å². The lowest BCUT2D eigenvalue weighted by atomic mass is 10.1. The Kier molecular flexibility index (Phi) is 4.83. The van der Waals surface area contributed by atoms with E-state index in [1.54, 1.807) is 0 Å². The first-order valence-electron chi connectivity index (χ1n) is 6.55. The molecule has 6 heteroatoms. The molecule has 0 heterocycles. The van der Waals surface area contributed by atoms with Gasteiger partial charge in [0.1, 0.15) is 11.6 Å². The van der Waals surface area contributed by atoms with E-state index in [4.69, 9.17) is 0 Å². The highest BCUT2D eigenvalue weighted by Gasteiger charge is 2.15. The van der Waals surface area contributed by atoms with Gasteiger partial charge in [-0.15, -0.1) is 0 Å². The van der Waals surface area contributed by atoms with E-state index in [-0.39, 0.29) is 12.2 Å². The van der Waals surface area contributed by atoms with Crippen molar-refractivity contribution in [3.8, 4) is 0 Å². The van der Waals surface area contributed by atoms with Gasteiger partial charge in [0.15, 0.2) is 0 Å². The number of aryl methyl sites for hydroxylation is 1. The Bertz CT molecular complexity index is 700. The molecule has 0 spiro atoms. The molecule has 22 heavy (non-hydrogen) atoms. The molecule has 2 amide bonds. The average Bonchev–Trinajstić information content (AvgIpc) is 2.49. The highest BCUT2D eigenvalue weighted by atomic mass is 19.1. The first-order chi connectivity index (χ1) is 10.5. The summed E-state index contributed by atoms with van der Waals surface area (Å²) in [4.78, 5) is 23.3. The molecule has 2 aromatic rings. The van der Waals surface area contributed by atoms with Crippen LogP contribution in [0.3, 0.4) is 0 Å². The maximum atomic E-state index is 13.4. The highest BCUT2D eigenvalue weighted by Crippen LogP contribution is 2.14. The van der Waals surface area contributed by atoms with Crippen LogP contribution in [-0.4, -0.2) is 11.8 Å². The molecule has 0 radical (unpaired) electrons. The maximum Gasteiger partial charge on any atom is 0.313 e. The number of carbonyl (C=O) groups excluding carboxylic acids is 2. The van der Waals surface area contributed by atoms with Crippen LogP contribution in [0.15, 0.2) is 42.5 Å². The van der Waals surface area contributed by atoms with Gasteiger partial charge >= 0.3 is 11.8 Å². The smallest absolute Gasteiger partial charge is 0.313 e. The number of rotatable bonds is 3. The Morgan fingerprint density at radius 1 is 1.00 bits per heavy atom. The summed E-state index contributed by atoms with van der Waals surface area (Å²) < 4.78 is 26.1. The molecule has 0 unspecified atom stereocenters. The Labute approximate surface area is 126 Å². The van der Waals surface area contributed by atoms with Gasteiger partial charge in [-0.1, -0.05) is 29.8 Å². The molecule has 0 fully saturated rings. The van der Waals surface area contributed by atoms with E-state index in [9.17, 15) is 18.4 Å². The standard InChI is InChI=1S/C16H14F2N2O2/c1-10-2-4-11(5-3-10)9-19-15(21)16(22)20-14-7-6-12(17)8-13(14)18/h2-8H,9H2,1H3,(H,19,21)(H,20,22). The minimum Gasteiger partial charge on any atom is -0.344 e. The predicted octanol–water partition coefficient (Wildman–Crippen LogP) is 2.53. The summed E-state index contributed by atoms with van der Waals surface area (Å²) in [7, 11) is 0. The minimum atomic E-state index is -1.02. The molecular formula is C16H14F2N2O2. The topological polar surface area (TPSA) is 58.2 Å². The zero-order valence-electron chi connectivity index (χ0n) is 11.8. The van der Waals surface area contributed by atoms with Gasteiger partial charge in [0.25, 0.3) is 0 Å². The number of nitrogens with one attached hydrogen (secondary N) is 2. The van der Waals surface area contributed by atoms with Gasteiger partial charge in [-0.3, -0.25) is 9.59 Å². The van der Waals surface area contributed by atoms with E-state index in [0.29, 0.717) is 6.07 Å². The van der Waals surface area contributed by atoms with Crippen molar-refractivity contribution >= 4 is 17.5 Å². The Morgan fingerprint density at radius 3 is 2.32 bits per heavy atom. The Morgan fingerprint density at radius 2 is 1.68 bits per heavy atom. The molecule has 2 rings (SSSR count). The lowest BCUT2D eigenvalue weighted by molar-refractivity contribution is -0.136. The van der Waals surface area contributed by atoms with Crippen molar-refractivity contribution in [3.63, 3.8) is 0 Å². The van der Waals surface area contributed by atoms with E-state index in [1.165, 1.54) is 0 Å². The van der Waals surface area contributed by atoms with Gasteiger partial charge in [-0.05, 0) is 24.6 Å². The summed E-state index contributed by atoms with van der Waals surface area (Å²) in [6, 6.07) is 10.1. The molecular weight excluding hydrogens is 290 g/mol. The quantitative estimate of drug-likeness (QED) is 0.856. The van der Waals surface area contributed by atoms with Gasteiger partial charge in [0, 0.05) is 12.6 Å². The zero-order valence-corrected chi connectivity index (χ0v) is 11.8. The molecule has 4 nitrogen and oxygen atoms in total. The lowest BCUT2D eigenvalue weighted by Crippen LogP contribution is -2.35. The summed E-state index contributed by atoms with van der Waals surface area (Å²) in [6.45, 7) is 2.12. The first-order valence-corrected chi connectivity index (χ1v) is 6.55. The molecule has 0 saturated carbocycles. The number of benzene rings is 2. The van der Waals surface area contributed by atoms with E-state index < -0.39 is 23.4 Å². The van der Waals surface area contributed by atoms with Crippen LogP contribution in [0.25, 0.3) is 0 Å². The van der Waals surface area contributed by atoms with Crippen LogP contribution < -0.4 is 10.6 Å². The van der Waals surface area contributed by atoms with Gasteiger partial charge in [-0.25, -0.2) is 8.78 Å². The summed E-state index contributed by atoms with van der Waals surface area (Å²) in [6.07, 6.45) is 0. The molecule has 0 aliphatic heterocycles. The van der Waals surface area contributed by atoms with Crippen molar-refractivity contribution in [2.75, 3.05) is 5.32 Å². The van der Waals surface area contributed by atoms with Crippen LogP contribution in [0.5, 0.6) is 0 Å². The number of anilines is 1. The van der Waals surface area contributed by atoms with Crippen molar-refractivity contribution in [1.82, 2.24) is 5.32 Å². The second kappa shape index (κ2) is 6.80. The number of halogens is 2. The summed E-state index contributed by atoms with van der Waals surface area (Å²) in [5, 5.41) is 4.51. The number of amides is 2. The van der Waals surface area contributed by atoms with E-state index in [0.717, 1.165) is 23.3 Å². The second-order valence-corrected chi connectivity index (χ2v) is 4.75. The van der Waals surface area contributed by atoms with E-state index in [2.05, 4.69) is 10.6 Å². The van der Waals surface area contributed by atoms with Crippen molar-refractivity contribution < 1.29 is 18.4 Å². The van der Waals surface area contributed by atoms with Crippen LogP contribution in [-0.2, 0) is 16.1 Å². The van der Waals surface area contributed by atoms with Crippen LogP contribution in [0.1, 0.15) is 11.1 Å². The third-order valence-corrected chi connectivity index (χ3v) is 2.96. The molecule has 114 valence electrons. The van der Waals surface area contributed by atoms with Crippen molar-refractivity contribution in [3.05, 3.63) is 65.2 Å². The molecule has 0 aromatic heterocycles. The SMILES string of the molecule is Cc1ccc(CNC(=O)C(=O)Nc2ccc(F)cc2F)cc1. The van der Waals surface area contributed by atoms with Crippen LogP contribution >= 0.6 is 0 Å². The molecule has 2 N–H and O–H groups in total. The van der Waals surface area contributed by atoms with Crippen LogP contribution in [0, 0.1) is 18.6 Å². The molecule has 0 bridgehead atoms. The fraction of sp³-hybridized carbons (Fsp3) is 0.125. The molecule has 0 aliphatic carbocycles.